The molecule has 1 unspecified atom stereocenters. The summed E-state index contributed by atoms with van der Waals surface area (Å²) in [5, 5.41) is 4.36. The molecule has 6 heteroatoms. The van der Waals surface area contributed by atoms with Gasteiger partial charge in [0.2, 0.25) is 0 Å². The summed E-state index contributed by atoms with van der Waals surface area (Å²) in [5.41, 5.74) is 4.37. The second-order valence-corrected chi connectivity index (χ2v) is 8.75. The molecule has 2 aliphatic rings. The highest BCUT2D eigenvalue weighted by Gasteiger charge is 2.32. The smallest absolute Gasteiger partial charge is 0.322 e. The van der Waals surface area contributed by atoms with E-state index in [1.165, 1.54) is 23.8 Å². The number of rotatable bonds is 5. The third-order valence-electron chi connectivity index (χ3n) is 6.82. The molecule has 0 bridgehead atoms. The first kappa shape index (κ1) is 20.7. The molecule has 168 valence electrons. The van der Waals surface area contributed by atoms with Gasteiger partial charge in [0, 0.05) is 34.9 Å². The zero-order chi connectivity index (χ0) is 22.1. The Bertz CT molecular complexity index is 1120. The van der Waals surface area contributed by atoms with Crippen LogP contribution in [0.4, 0.5) is 10.5 Å². The van der Waals surface area contributed by atoms with E-state index in [1.54, 1.807) is 7.11 Å². The zero-order valence-electron chi connectivity index (χ0n) is 18.8. The van der Waals surface area contributed by atoms with Gasteiger partial charge in [-0.25, -0.2) is 4.79 Å². The van der Waals surface area contributed by atoms with Crippen LogP contribution >= 0.6 is 0 Å². The van der Waals surface area contributed by atoms with Crippen molar-refractivity contribution in [2.45, 2.75) is 57.6 Å². The number of carbonyl (C=O) groups excluding carboxylic acids is 1. The molecule has 1 saturated carbocycles. The van der Waals surface area contributed by atoms with Crippen LogP contribution in [0.2, 0.25) is 0 Å². The van der Waals surface area contributed by atoms with Crippen molar-refractivity contribution in [2.75, 3.05) is 19.0 Å². The van der Waals surface area contributed by atoms with Crippen LogP contribution in [0.15, 0.2) is 42.5 Å². The van der Waals surface area contributed by atoms with Gasteiger partial charge in [0.25, 0.3) is 0 Å². The second-order valence-electron chi connectivity index (χ2n) is 8.75. The summed E-state index contributed by atoms with van der Waals surface area (Å²) in [6.07, 6.45) is 6.46. The minimum absolute atomic E-state index is 0.0265. The Labute approximate surface area is 188 Å². The van der Waals surface area contributed by atoms with E-state index in [4.69, 9.17) is 9.47 Å². The van der Waals surface area contributed by atoms with E-state index in [9.17, 15) is 4.79 Å². The minimum atomic E-state index is -0.0851. The van der Waals surface area contributed by atoms with Crippen molar-refractivity contribution < 1.29 is 14.3 Å². The number of benzene rings is 2. The van der Waals surface area contributed by atoms with Crippen molar-refractivity contribution in [1.82, 2.24) is 9.88 Å². The van der Waals surface area contributed by atoms with Crippen LogP contribution < -0.4 is 14.8 Å². The molecule has 1 aromatic heterocycles. The molecule has 2 aromatic carbocycles. The number of H-pyrrole nitrogens is 1. The van der Waals surface area contributed by atoms with Crippen molar-refractivity contribution in [1.29, 1.82) is 0 Å². The molecule has 1 fully saturated rings. The molecule has 1 atom stereocenters. The van der Waals surface area contributed by atoms with E-state index in [0.717, 1.165) is 42.6 Å². The quantitative estimate of drug-likeness (QED) is 0.515. The van der Waals surface area contributed by atoms with Crippen molar-refractivity contribution in [3.8, 4) is 11.5 Å². The number of nitrogens with zero attached hydrogens (tertiary/aromatic N) is 1. The molecule has 2 heterocycles. The molecule has 2 N–H and O–H groups in total. The molecular weight excluding hydrogens is 402 g/mol. The normalized spacial score (nSPS) is 18.6. The predicted octanol–water partition coefficient (Wildman–Crippen LogP) is 6.04. The van der Waals surface area contributed by atoms with Crippen molar-refractivity contribution in [3.05, 3.63) is 53.7 Å². The SMILES string of the molecule is CCC1c2[nH]c3ccccc3c2CCN1C(=O)Nc1ccc(OC)c(OC2CCCC2)c1. The first-order valence-corrected chi connectivity index (χ1v) is 11.7. The number of anilines is 1. The number of para-hydroxylation sites is 1. The number of aromatic nitrogens is 1. The highest BCUT2D eigenvalue weighted by atomic mass is 16.5. The maximum Gasteiger partial charge on any atom is 0.322 e. The Morgan fingerprint density at radius 1 is 1.16 bits per heavy atom. The summed E-state index contributed by atoms with van der Waals surface area (Å²) in [4.78, 5) is 18.8. The lowest BCUT2D eigenvalue weighted by molar-refractivity contribution is 0.179. The average molecular weight is 434 g/mol. The number of urea groups is 1. The van der Waals surface area contributed by atoms with Crippen LogP contribution in [0.1, 0.15) is 56.3 Å². The summed E-state index contributed by atoms with van der Waals surface area (Å²) in [5.74, 6) is 1.39. The average Bonchev–Trinajstić information content (AvgIpc) is 3.46. The summed E-state index contributed by atoms with van der Waals surface area (Å²) in [6.45, 7) is 2.83. The lowest BCUT2D eigenvalue weighted by atomic mass is 9.96. The third kappa shape index (κ3) is 3.78. The lowest BCUT2D eigenvalue weighted by Gasteiger charge is -2.35. The Morgan fingerprint density at radius 3 is 2.75 bits per heavy atom. The number of amides is 2. The minimum Gasteiger partial charge on any atom is -0.493 e. The van der Waals surface area contributed by atoms with Crippen molar-refractivity contribution in [2.24, 2.45) is 0 Å². The molecule has 1 aliphatic carbocycles. The Hall–Kier alpha value is -3.15. The maximum absolute atomic E-state index is 13.3. The van der Waals surface area contributed by atoms with Crippen LogP contribution in [-0.2, 0) is 6.42 Å². The van der Waals surface area contributed by atoms with E-state index in [2.05, 4.69) is 35.4 Å². The summed E-state index contributed by atoms with van der Waals surface area (Å²) in [6, 6.07) is 14.0. The summed E-state index contributed by atoms with van der Waals surface area (Å²) in [7, 11) is 1.65. The Balaban J connectivity index is 1.36. The van der Waals surface area contributed by atoms with Gasteiger partial charge in [0.15, 0.2) is 11.5 Å². The van der Waals surface area contributed by atoms with Gasteiger partial charge in [0.1, 0.15) is 0 Å². The molecule has 3 aromatic rings. The van der Waals surface area contributed by atoms with Crippen molar-refractivity contribution in [3.63, 3.8) is 0 Å². The fraction of sp³-hybridized carbons (Fsp3) is 0.423. The van der Waals surface area contributed by atoms with Crippen molar-refractivity contribution >= 4 is 22.6 Å². The largest absolute Gasteiger partial charge is 0.493 e. The van der Waals surface area contributed by atoms with Gasteiger partial charge in [-0.1, -0.05) is 25.1 Å². The molecule has 6 nitrogen and oxygen atoms in total. The van der Waals surface area contributed by atoms with E-state index in [0.29, 0.717) is 18.0 Å². The number of hydrogen-bond acceptors (Lipinski definition) is 3. The molecule has 2 amide bonds. The lowest BCUT2D eigenvalue weighted by Crippen LogP contribution is -2.42. The molecular formula is C26H31N3O3. The molecule has 5 rings (SSSR count). The van der Waals surface area contributed by atoms with Crippen LogP contribution in [0.25, 0.3) is 10.9 Å². The van der Waals surface area contributed by atoms with Gasteiger partial charge in [0.05, 0.1) is 19.3 Å². The number of hydrogen-bond donors (Lipinski definition) is 2. The molecule has 0 spiro atoms. The predicted molar refractivity (Wildman–Crippen MR) is 127 cm³/mol. The van der Waals surface area contributed by atoms with E-state index < -0.39 is 0 Å². The molecule has 0 radical (unpaired) electrons. The first-order valence-electron chi connectivity index (χ1n) is 11.7. The third-order valence-corrected chi connectivity index (χ3v) is 6.82. The van der Waals surface area contributed by atoms with Gasteiger partial charge in [-0.2, -0.15) is 0 Å². The maximum atomic E-state index is 13.3. The number of nitrogens with one attached hydrogen (secondary N) is 2. The van der Waals surface area contributed by atoms with Crippen LogP contribution in [0, 0.1) is 0 Å². The van der Waals surface area contributed by atoms with E-state index in [-0.39, 0.29) is 18.2 Å². The number of fused-ring (bicyclic) bond motifs is 3. The number of aromatic amines is 1. The van der Waals surface area contributed by atoms with Crippen LogP contribution in [0.5, 0.6) is 11.5 Å². The Kier molecular flexibility index (Phi) is 5.68. The topological polar surface area (TPSA) is 66.6 Å². The van der Waals surface area contributed by atoms with E-state index >= 15 is 0 Å². The molecule has 0 saturated heterocycles. The van der Waals surface area contributed by atoms with Gasteiger partial charge < -0.3 is 24.7 Å². The van der Waals surface area contributed by atoms with Gasteiger partial charge in [-0.05, 0) is 62.3 Å². The first-order chi connectivity index (χ1) is 15.7. The molecule has 32 heavy (non-hydrogen) atoms. The highest BCUT2D eigenvalue weighted by Crippen LogP contribution is 2.37. The van der Waals surface area contributed by atoms with E-state index in [1.807, 2.05) is 29.2 Å². The summed E-state index contributed by atoms with van der Waals surface area (Å²) >= 11 is 0. The van der Waals surface area contributed by atoms with Crippen LogP contribution in [-0.4, -0.2) is 35.7 Å². The molecule has 1 aliphatic heterocycles. The fourth-order valence-corrected chi connectivity index (χ4v) is 5.21. The van der Waals surface area contributed by atoms with Gasteiger partial charge in [-0.3, -0.25) is 0 Å². The number of methoxy groups -OCH3 is 1. The highest BCUT2D eigenvalue weighted by molar-refractivity contribution is 5.91. The number of ether oxygens (including phenoxy) is 2. The Morgan fingerprint density at radius 2 is 1.97 bits per heavy atom. The van der Waals surface area contributed by atoms with Crippen LogP contribution in [0.3, 0.4) is 0 Å². The summed E-state index contributed by atoms with van der Waals surface area (Å²) < 4.78 is 11.7. The van der Waals surface area contributed by atoms with Gasteiger partial charge in [-0.15, -0.1) is 0 Å². The zero-order valence-corrected chi connectivity index (χ0v) is 18.8. The standard InChI is InChI=1S/C26H31N3O3/c1-3-22-25-20(19-10-6-7-11-21(19)28-25)14-15-29(22)26(30)27-17-12-13-23(31-2)24(16-17)32-18-8-4-5-9-18/h6-7,10-13,16,18,22,28H,3-5,8-9,14-15H2,1-2H3,(H,27,30). The fourth-order valence-electron chi connectivity index (χ4n) is 5.21. The van der Waals surface area contributed by atoms with Gasteiger partial charge >= 0.3 is 6.03 Å². The monoisotopic (exact) mass is 433 g/mol. The number of carbonyl (C=O) groups is 1. The second kappa shape index (κ2) is 8.77.